The van der Waals surface area contributed by atoms with Gasteiger partial charge in [0.15, 0.2) is 4.80 Å². The number of esters is 1. The molecule has 1 aliphatic heterocycles. The average molecular weight is 553 g/mol. The van der Waals surface area contributed by atoms with Crippen LogP contribution in [0.25, 0.3) is 17.4 Å². The Morgan fingerprint density at radius 2 is 1.92 bits per heavy atom. The second kappa shape index (κ2) is 10.2. The van der Waals surface area contributed by atoms with Crippen molar-refractivity contribution in [3.63, 3.8) is 0 Å². The summed E-state index contributed by atoms with van der Waals surface area (Å²) in [4.78, 5) is 32.0. The molecular weight excluding hydrogens is 531 g/mol. The molecule has 1 unspecified atom stereocenters. The Hall–Kier alpha value is -3.39. The van der Waals surface area contributed by atoms with Crippen LogP contribution in [0.2, 0.25) is 10.0 Å². The maximum absolute atomic E-state index is 13.7. The van der Waals surface area contributed by atoms with E-state index in [0.717, 1.165) is 5.56 Å². The van der Waals surface area contributed by atoms with Crippen LogP contribution in [0.1, 0.15) is 38.1 Å². The van der Waals surface area contributed by atoms with Crippen LogP contribution in [0.3, 0.4) is 0 Å². The van der Waals surface area contributed by atoms with E-state index in [1.54, 1.807) is 57.2 Å². The largest absolute Gasteiger partial charge is 0.459 e. The molecule has 2 aromatic carbocycles. The number of ether oxygens (including phenoxy) is 1. The van der Waals surface area contributed by atoms with Crippen molar-refractivity contribution in [1.29, 1.82) is 0 Å². The van der Waals surface area contributed by atoms with Gasteiger partial charge in [-0.05, 0) is 56.7 Å². The number of fused-ring (bicyclic) bond motifs is 1. The third kappa shape index (κ3) is 4.94. The summed E-state index contributed by atoms with van der Waals surface area (Å²) in [5, 5.41) is 1.04. The summed E-state index contributed by atoms with van der Waals surface area (Å²) in [5.41, 5.74) is 1.89. The number of carbonyl (C=O) groups excluding carboxylic acids is 1. The lowest BCUT2D eigenvalue weighted by molar-refractivity contribution is -0.143. The predicted molar refractivity (Wildman–Crippen MR) is 146 cm³/mol. The summed E-state index contributed by atoms with van der Waals surface area (Å²) in [7, 11) is 0. The van der Waals surface area contributed by atoms with Crippen LogP contribution in [0.5, 0.6) is 0 Å². The molecule has 37 heavy (non-hydrogen) atoms. The topological polar surface area (TPSA) is 73.8 Å². The molecule has 0 bridgehead atoms. The highest BCUT2D eigenvalue weighted by Crippen LogP contribution is 2.34. The fraction of sp³-hybridized carbons (Fsp3) is 0.179. The Bertz CT molecular complexity index is 1730. The number of carbonyl (C=O) groups is 1. The highest BCUT2D eigenvalue weighted by molar-refractivity contribution is 7.07. The second-order valence-electron chi connectivity index (χ2n) is 8.77. The van der Waals surface area contributed by atoms with Gasteiger partial charge in [0.05, 0.1) is 21.9 Å². The zero-order chi connectivity index (χ0) is 26.3. The minimum Gasteiger partial charge on any atom is -0.459 e. The number of benzene rings is 2. The number of allylic oxidation sites excluding steroid dienone is 1. The molecule has 188 valence electrons. The van der Waals surface area contributed by atoms with Gasteiger partial charge in [-0.15, -0.1) is 0 Å². The van der Waals surface area contributed by atoms with Gasteiger partial charge in [0.2, 0.25) is 0 Å². The number of nitrogens with zero attached hydrogens (tertiary/aromatic N) is 2. The van der Waals surface area contributed by atoms with Crippen LogP contribution in [-0.4, -0.2) is 16.6 Å². The summed E-state index contributed by atoms with van der Waals surface area (Å²) in [6, 6.07) is 17.3. The number of thiazole rings is 1. The monoisotopic (exact) mass is 552 g/mol. The molecule has 0 radical (unpaired) electrons. The molecule has 5 rings (SSSR count). The van der Waals surface area contributed by atoms with Crippen molar-refractivity contribution in [1.82, 2.24) is 4.57 Å². The standard InChI is InChI=1S/C28H22Cl2N2O4S/c1-15(2)35-27(34)24-16(3)31-28-32(25(24)20-9-4-5-10-21(20)30)26(33)23(37-28)14-19-11-12-22(36-19)17-7-6-8-18(29)13-17/h4-15,25H,1-3H3. The number of hydrogen-bond acceptors (Lipinski definition) is 6. The van der Waals surface area contributed by atoms with Gasteiger partial charge in [-0.1, -0.05) is 64.9 Å². The Morgan fingerprint density at radius 3 is 2.65 bits per heavy atom. The molecule has 1 atom stereocenters. The zero-order valence-electron chi connectivity index (χ0n) is 20.2. The van der Waals surface area contributed by atoms with Crippen molar-refractivity contribution in [2.24, 2.45) is 4.99 Å². The van der Waals surface area contributed by atoms with Gasteiger partial charge in [0.25, 0.3) is 5.56 Å². The van der Waals surface area contributed by atoms with E-state index >= 15 is 0 Å². The number of furan rings is 1. The van der Waals surface area contributed by atoms with E-state index in [1.807, 2.05) is 30.3 Å². The number of halogens is 2. The van der Waals surface area contributed by atoms with E-state index in [-0.39, 0.29) is 17.2 Å². The van der Waals surface area contributed by atoms with Crippen molar-refractivity contribution < 1.29 is 13.9 Å². The van der Waals surface area contributed by atoms with Crippen LogP contribution in [0, 0.1) is 0 Å². The van der Waals surface area contributed by atoms with Gasteiger partial charge in [0.1, 0.15) is 17.6 Å². The molecule has 9 heteroatoms. The minimum atomic E-state index is -0.781. The highest BCUT2D eigenvalue weighted by atomic mass is 35.5. The Kier molecular flexibility index (Phi) is 6.94. The predicted octanol–water partition coefficient (Wildman–Crippen LogP) is 5.75. The molecule has 0 N–H and O–H groups in total. The zero-order valence-corrected chi connectivity index (χ0v) is 22.5. The van der Waals surface area contributed by atoms with Crippen LogP contribution in [0.15, 0.2) is 86.1 Å². The van der Waals surface area contributed by atoms with Crippen LogP contribution in [-0.2, 0) is 9.53 Å². The van der Waals surface area contributed by atoms with Gasteiger partial charge < -0.3 is 9.15 Å². The first-order chi connectivity index (χ1) is 17.7. The Balaban J connectivity index is 1.65. The van der Waals surface area contributed by atoms with Crippen molar-refractivity contribution in [3.05, 3.63) is 113 Å². The van der Waals surface area contributed by atoms with E-state index < -0.39 is 12.0 Å². The Morgan fingerprint density at radius 1 is 1.14 bits per heavy atom. The SMILES string of the molecule is CC1=C(C(=O)OC(C)C)C(c2ccccc2Cl)n2c(sc(=Cc3ccc(-c4cccc(Cl)c4)o3)c2=O)=N1. The lowest BCUT2D eigenvalue weighted by Gasteiger charge is -2.26. The van der Waals surface area contributed by atoms with Crippen molar-refractivity contribution in [3.8, 4) is 11.3 Å². The number of rotatable bonds is 5. The first-order valence-corrected chi connectivity index (χ1v) is 13.1. The molecule has 0 aliphatic carbocycles. The smallest absolute Gasteiger partial charge is 0.338 e. The average Bonchev–Trinajstić information content (AvgIpc) is 3.43. The van der Waals surface area contributed by atoms with Gasteiger partial charge in [-0.25, -0.2) is 9.79 Å². The fourth-order valence-corrected chi connectivity index (χ4v) is 5.66. The first kappa shape index (κ1) is 25.3. The molecule has 2 aromatic heterocycles. The molecule has 6 nitrogen and oxygen atoms in total. The van der Waals surface area contributed by atoms with E-state index in [9.17, 15) is 9.59 Å². The first-order valence-electron chi connectivity index (χ1n) is 11.6. The quantitative estimate of drug-likeness (QED) is 0.295. The second-order valence-corrected chi connectivity index (χ2v) is 10.6. The lowest BCUT2D eigenvalue weighted by Crippen LogP contribution is -2.40. The molecule has 3 heterocycles. The summed E-state index contributed by atoms with van der Waals surface area (Å²) in [6.07, 6.45) is 1.34. The summed E-state index contributed by atoms with van der Waals surface area (Å²) in [6.45, 7) is 5.28. The molecule has 1 aliphatic rings. The fourth-order valence-electron chi connectivity index (χ4n) is 4.21. The minimum absolute atomic E-state index is 0.280. The molecule has 0 fully saturated rings. The third-order valence-corrected chi connectivity index (χ3v) is 7.36. The molecular formula is C28H22Cl2N2O4S. The molecule has 0 saturated heterocycles. The summed E-state index contributed by atoms with van der Waals surface area (Å²) < 4.78 is 13.4. The molecule has 4 aromatic rings. The van der Waals surface area contributed by atoms with Crippen molar-refractivity contribution in [2.45, 2.75) is 32.9 Å². The molecule has 0 amide bonds. The van der Waals surface area contributed by atoms with Crippen LogP contribution >= 0.6 is 34.5 Å². The number of aromatic nitrogens is 1. The van der Waals surface area contributed by atoms with Crippen molar-refractivity contribution in [2.75, 3.05) is 0 Å². The van der Waals surface area contributed by atoms with Crippen LogP contribution in [0.4, 0.5) is 0 Å². The molecule has 0 spiro atoms. The van der Waals surface area contributed by atoms with E-state index in [2.05, 4.69) is 4.99 Å². The summed E-state index contributed by atoms with van der Waals surface area (Å²) >= 11 is 13.9. The highest BCUT2D eigenvalue weighted by Gasteiger charge is 2.34. The lowest BCUT2D eigenvalue weighted by atomic mass is 9.96. The van der Waals surface area contributed by atoms with E-state index in [4.69, 9.17) is 32.4 Å². The number of hydrogen-bond donors (Lipinski definition) is 0. The Labute approximate surface area is 226 Å². The van der Waals surface area contributed by atoms with E-state index in [1.165, 1.54) is 15.9 Å². The van der Waals surface area contributed by atoms with Gasteiger partial charge in [-0.2, -0.15) is 0 Å². The summed E-state index contributed by atoms with van der Waals surface area (Å²) in [5.74, 6) is 0.599. The maximum atomic E-state index is 13.7. The molecule has 0 saturated carbocycles. The third-order valence-electron chi connectivity index (χ3n) is 5.79. The normalized spacial score (nSPS) is 15.6. The van der Waals surface area contributed by atoms with Gasteiger partial charge in [-0.3, -0.25) is 9.36 Å². The van der Waals surface area contributed by atoms with Crippen LogP contribution < -0.4 is 14.9 Å². The maximum Gasteiger partial charge on any atom is 0.338 e. The van der Waals surface area contributed by atoms with Crippen molar-refractivity contribution >= 4 is 46.6 Å². The van der Waals surface area contributed by atoms with E-state index in [0.29, 0.717) is 42.2 Å². The van der Waals surface area contributed by atoms with Gasteiger partial charge >= 0.3 is 5.97 Å². The van der Waals surface area contributed by atoms with Gasteiger partial charge in [0, 0.05) is 21.7 Å².